The minimum atomic E-state index is -3.70. The fourth-order valence-corrected chi connectivity index (χ4v) is 6.17. The maximum atomic E-state index is 13.5. The van der Waals surface area contributed by atoms with Crippen molar-refractivity contribution < 1.29 is 12.8 Å². The molecule has 3 aromatic rings. The second kappa shape index (κ2) is 13.4. The molecule has 1 aliphatic heterocycles. The Hall–Kier alpha value is -1.97. The average molecular weight is 544 g/mol. The molecule has 0 aliphatic carbocycles. The number of anilines is 1. The Morgan fingerprint density at radius 1 is 1.11 bits per heavy atom. The molecule has 1 fully saturated rings. The van der Waals surface area contributed by atoms with Crippen LogP contribution >= 0.6 is 24.8 Å². The molecule has 1 aliphatic rings. The molecular formula is C25H33Cl2FN4O2S. The summed E-state index contributed by atoms with van der Waals surface area (Å²) in [4.78, 5) is 6.48. The molecule has 2 aromatic carbocycles. The summed E-state index contributed by atoms with van der Waals surface area (Å²) in [5, 5.41) is 4.85. The van der Waals surface area contributed by atoms with Crippen molar-refractivity contribution in [3.63, 3.8) is 0 Å². The van der Waals surface area contributed by atoms with Gasteiger partial charge in [0.25, 0.3) is 0 Å². The molecule has 1 unspecified atom stereocenters. The molecule has 1 atom stereocenters. The maximum Gasteiger partial charge on any atom is 0.241 e. The van der Waals surface area contributed by atoms with Crippen LogP contribution in [0.25, 0.3) is 10.8 Å². The van der Waals surface area contributed by atoms with Crippen LogP contribution in [0.15, 0.2) is 65.8 Å². The third-order valence-electron chi connectivity index (χ3n) is 6.47. The standard InChI is InChI=1S/C25H31FN4O2S.2ClH/c1-30(22-9-7-21(26)8-10-22)17-3-5-24(19-11-14-27-15-12-19)29-33(31,32)25-6-2-4-20-18-28-16-13-23(20)25;;/h2,4,6-10,13,16,18-19,24,27,29H,3,5,11-12,14-15,17H2,1H3;2*1H. The van der Waals surface area contributed by atoms with E-state index in [1.54, 1.807) is 42.7 Å². The van der Waals surface area contributed by atoms with Gasteiger partial charge < -0.3 is 10.2 Å². The fourth-order valence-electron chi connectivity index (χ4n) is 4.60. The molecule has 4 rings (SSSR count). The molecule has 35 heavy (non-hydrogen) atoms. The molecule has 0 radical (unpaired) electrons. The van der Waals surface area contributed by atoms with Crippen LogP contribution in [0, 0.1) is 11.7 Å². The second-order valence-electron chi connectivity index (χ2n) is 8.71. The minimum absolute atomic E-state index is 0. The van der Waals surface area contributed by atoms with Gasteiger partial charge in [0.15, 0.2) is 0 Å². The lowest BCUT2D eigenvalue weighted by atomic mass is 9.88. The molecule has 1 aromatic heterocycles. The Labute approximate surface area is 219 Å². The Balaban J connectivity index is 0.00000216. The Morgan fingerprint density at radius 3 is 2.54 bits per heavy atom. The van der Waals surface area contributed by atoms with Gasteiger partial charge in [0.1, 0.15) is 5.82 Å². The summed E-state index contributed by atoms with van der Waals surface area (Å²) in [7, 11) is -1.72. The van der Waals surface area contributed by atoms with Gasteiger partial charge in [0.05, 0.1) is 4.90 Å². The van der Waals surface area contributed by atoms with Crippen LogP contribution in [0.5, 0.6) is 0 Å². The highest BCUT2D eigenvalue weighted by Crippen LogP contribution is 2.26. The van der Waals surface area contributed by atoms with E-state index in [0.717, 1.165) is 56.4 Å². The van der Waals surface area contributed by atoms with Gasteiger partial charge in [-0.3, -0.25) is 4.98 Å². The van der Waals surface area contributed by atoms with Crippen LogP contribution < -0.4 is 14.9 Å². The highest BCUT2D eigenvalue weighted by atomic mass is 35.5. The van der Waals surface area contributed by atoms with Crippen molar-refractivity contribution in [2.24, 2.45) is 5.92 Å². The molecule has 2 heterocycles. The van der Waals surface area contributed by atoms with E-state index in [9.17, 15) is 12.8 Å². The molecular weight excluding hydrogens is 510 g/mol. The molecule has 0 saturated carbocycles. The number of nitrogens with one attached hydrogen (secondary N) is 2. The number of fused-ring (bicyclic) bond motifs is 1. The largest absolute Gasteiger partial charge is 0.375 e. The normalized spacial score (nSPS) is 15.1. The van der Waals surface area contributed by atoms with Crippen molar-refractivity contribution in [1.82, 2.24) is 15.0 Å². The zero-order chi connectivity index (χ0) is 23.3. The number of piperidine rings is 1. The number of rotatable bonds is 9. The van der Waals surface area contributed by atoms with E-state index in [4.69, 9.17) is 0 Å². The van der Waals surface area contributed by atoms with E-state index in [1.165, 1.54) is 12.1 Å². The van der Waals surface area contributed by atoms with Crippen LogP contribution in [0.1, 0.15) is 25.7 Å². The number of benzene rings is 2. The Bertz CT molecular complexity index is 1170. The van der Waals surface area contributed by atoms with Crippen molar-refractivity contribution in [2.45, 2.75) is 36.6 Å². The van der Waals surface area contributed by atoms with E-state index in [1.807, 2.05) is 13.1 Å². The molecule has 10 heteroatoms. The topological polar surface area (TPSA) is 74.3 Å². The molecule has 0 bridgehead atoms. The van der Waals surface area contributed by atoms with Crippen molar-refractivity contribution in [1.29, 1.82) is 0 Å². The lowest BCUT2D eigenvalue weighted by Gasteiger charge is -2.32. The van der Waals surface area contributed by atoms with Crippen LogP contribution in [0.3, 0.4) is 0 Å². The van der Waals surface area contributed by atoms with Crippen molar-refractivity contribution in [3.8, 4) is 0 Å². The molecule has 2 N–H and O–H groups in total. The first-order chi connectivity index (χ1) is 15.9. The van der Waals surface area contributed by atoms with E-state index in [0.29, 0.717) is 10.3 Å². The van der Waals surface area contributed by atoms with Gasteiger partial charge in [-0.2, -0.15) is 0 Å². The molecule has 0 amide bonds. The number of hydrogen-bond donors (Lipinski definition) is 2. The number of pyridine rings is 1. The first kappa shape index (κ1) is 29.3. The quantitative estimate of drug-likeness (QED) is 0.407. The molecule has 1 saturated heterocycles. The van der Waals surface area contributed by atoms with Gasteiger partial charge >= 0.3 is 0 Å². The van der Waals surface area contributed by atoms with Gasteiger partial charge in [-0.15, -0.1) is 24.8 Å². The lowest BCUT2D eigenvalue weighted by Crippen LogP contribution is -2.44. The number of halogens is 3. The monoisotopic (exact) mass is 542 g/mol. The second-order valence-corrected chi connectivity index (χ2v) is 10.4. The number of hydrogen-bond acceptors (Lipinski definition) is 5. The van der Waals surface area contributed by atoms with Crippen molar-refractivity contribution in [3.05, 3.63) is 66.7 Å². The predicted octanol–water partition coefficient (Wildman–Crippen LogP) is 4.78. The summed E-state index contributed by atoms with van der Waals surface area (Å²) in [5.41, 5.74) is 0.944. The number of aromatic nitrogens is 1. The first-order valence-electron chi connectivity index (χ1n) is 11.5. The van der Waals surface area contributed by atoms with Crippen LogP contribution in [-0.2, 0) is 10.0 Å². The first-order valence-corrected chi connectivity index (χ1v) is 12.9. The van der Waals surface area contributed by atoms with Gasteiger partial charge in [-0.25, -0.2) is 17.5 Å². The van der Waals surface area contributed by atoms with E-state index in [2.05, 4.69) is 19.9 Å². The smallest absolute Gasteiger partial charge is 0.241 e. The summed E-state index contributed by atoms with van der Waals surface area (Å²) < 4.78 is 43.2. The Morgan fingerprint density at radius 2 is 1.83 bits per heavy atom. The Kier molecular flexibility index (Phi) is 11.2. The van der Waals surface area contributed by atoms with Gasteiger partial charge in [0.2, 0.25) is 10.0 Å². The van der Waals surface area contributed by atoms with Gasteiger partial charge in [-0.1, -0.05) is 12.1 Å². The van der Waals surface area contributed by atoms with E-state index < -0.39 is 10.0 Å². The lowest BCUT2D eigenvalue weighted by molar-refractivity contribution is 0.289. The number of nitrogens with zero attached hydrogens (tertiary/aromatic N) is 2. The van der Waals surface area contributed by atoms with E-state index in [-0.39, 0.29) is 42.6 Å². The molecule has 192 valence electrons. The fraction of sp³-hybridized carbons (Fsp3) is 0.400. The van der Waals surface area contributed by atoms with Crippen molar-refractivity contribution in [2.75, 3.05) is 31.6 Å². The third-order valence-corrected chi connectivity index (χ3v) is 8.01. The summed E-state index contributed by atoms with van der Waals surface area (Å²) in [6.45, 7) is 2.56. The van der Waals surface area contributed by atoms with Crippen LogP contribution in [0.2, 0.25) is 0 Å². The summed E-state index contributed by atoms with van der Waals surface area (Å²) >= 11 is 0. The van der Waals surface area contributed by atoms with E-state index >= 15 is 0 Å². The SMILES string of the molecule is CN(CCCC(NS(=O)(=O)c1cccc2cnccc12)C1CCNCC1)c1ccc(F)cc1.Cl.Cl. The highest BCUT2D eigenvalue weighted by molar-refractivity contribution is 7.89. The molecule has 0 spiro atoms. The zero-order valence-electron chi connectivity index (χ0n) is 19.7. The number of sulfonamides is 1. The highest BCUT2D eigenvalue weighted by Gasteiger charge is 2.29. The predicted molar refractivity (Wildman–Crippen MR) is 145 cm³/mol. The summed E-state index contributed by atoms with van der Waals surface area (Å²) in [6.07, 6.45) is 6.76. The summed E-state index contributed by atoms with van der Waals surface area (Å²) in [6, 6.07) is 13.3. The van der Waals surface area contributed by atoms with Gasteiger partial charge in [-0.05, 0) is 81.1 Å². The molecule has 6 nitrogen and oxygen atoms in total. The van der Waals surface area contributed by atoms with Crippen molar-refractivity contribution >= 4 is 51.3 Å². The van der Waals surface area contributed by atoms with Crippen LogP contribution in [0.4, 0.5) is 10.1 Å². The average Bonchev–Trinajstić information content (AvgIpc) is 2.84. The van der Waals surface area contributed by atoms with Crippen LogP contribution in [-0.4, -0.2) is 46.1 Å². The third kappa shape index (κ3) is 7.51. The maximum absolute atomic E-state index is 13.5. The van der Waals surface area contributed by atoms with Gasteiger partial charge in [0, 0.05) is 48.5 Å². The zero-order valence-corrected chi connectivity index (χ0v) is 22.1. The summed E-state index contributed by atoms with van der Waals surface area (Å²) in [5.74, 6) is 0.0329. The minimum Gasteiger partial charge on any atom is -0.375 e.